The molecule has 106 valence electrons. The quantitative estimate of drug-likeness (QED) is 0.698. The van der Waals surface area contributed by atoms with Gasteiger partial charge in [0.1, 0.15) is 5.82 Å². The van der Waals surface area contributed by atoms with Crippen LogP contribution >= 0.6 is 11.8 Å². The van der Waals surface area contributed by atoms with E-state index in [1.54, 1.807) is 6.07 Å². The molecule has 21 heavy (non-hydrogen) atoms. The average molecular weight is 298 g/mol. The third-order valence-electron chi connectivity index (χ3n) is 3.36. The molecule has 0 amide bonds. The molecule has 0 aromatic heterocycles. The van der Waals surface area contributed by atoms with Crippen LogP contribution in [0, 0.1) is 5.82 Å². The minimum absolute atomic E-state index is 0.250. The summed E-state index contributed by atoms with van der Waals surface area (Å²) < 4.78 is 13.1. The summed E-state index contributed by atoms with van der Waals surface area (Å²) in [4.78, 5) is 0.829. The Hall–Kier alpha value is -1.84. The second kappa shape index (κ2) is 6.29. The highest BCUT2D eigenvalue weighted by molar-refractivity contribution is 7.99. The number of aliphatic hydroxyl groups excluding tert-OH is 1. The molecule has 0 radical (unpaired) electrons. The molecule has 0 fully saturated rings. The monoisotopic (exact) mass is 298 g/mol. The maximum Gasteiger partial charge on any atom is 0.124 e. The fourth-order valence-corrected chi connectivity index (χ4v) is 3.16. The molecule has 0 spiro atoms. The largest absolute Gasteiger partial charge is 0.388 e. The second-order valence-corrected chi connectivity index (χ2v) is 5.98. The van der Waals surface area contributed by atoms with Crippen molar-refractivity contribution >= 4 is 22.5 Å². The van der Waals surface area contributed by atoms with E-state index in [-0.39, 0.29) is 5.82 Å². The lowest BCUT2D eigenvalue weighted by molar-refractivity contribution is 0.204. The fraction of sp³-hybridized carbons (Fsp3) is 0.111. The maximum absolute atomic E-state index is 13.1. The normalized spacial score (nSPS) is 12.5. The van der Waals surface area contributed by atoms with Crippen LogP contribution in [0.2, 0.25) is 0 Å². The van der Waals surface area contributed by atoms with Gasteiger partial charge in [0.15, 0.2) is 0 Å². The Morgan fingerprint density at radius 1 is 0.905 bits per heavy atom. The first-order chi connectivity index (χ1) is 10.2. The number of thioether (sulfide) groups is 1. The highest BCUT2D eigenvalue weighted by atomic mass is 32.2. The van der Waals surface area contributed by atoms with Gasteiger partial charge in [0, 0.05) is 10.6 Å². The topological polar surface area (TPSA) is 20.2 Å². The molecule has 1 N–H and O–H groups in total. The molecule has 0 heterocycles. The van der Waals surface area contributed by atoms with Crippen molar-refractivity contribution in [1.29, 1.82) is 0 Å². The van der Waals surface area contributed by atoms with Crippen molar-refractivity contribution in [3.8, 4) is 0 Å². The summed E-state index contributed by atoms with van der Waals surface area (Å²) in [7, 11) is 0. The molecule has 0 saturated carbocycles. The minimum atomic E-state index is -0.567. The third-order valence-corrected chi connectivity index (χ3v) is 4.43. The van der Waals surface area contributed by atoms with Crippen LogP contribution in [0.3, 0.4) is 0 Å². The Morgan fingerprint density at radius 2 is 1.71 bits per heavy atom. The Labute approximate surface area is 127 Å². The van der Waals surface area contributed by atoms with Gasteiger partial charge < -0.3 is 5.11 Å². The van der Waals surface area contributed by atoms with E-state index in [1.807, 2.05) is 48.5 Å². The Morgan fingerprint density at radius 3 is 2.52 bits per heavy atom. The lowest BCUT2D eigenvalue weighted by Gasteiger charge is -2.11. The smallest absolute Gasteiger partial charge is 0.124 e. The van der Waals surface area contributed by atoms with Gasteiger partial charge in [0.05, 0.1) is 6.10 Å². The van der Waals surface area contributed by atoms with Crippen molar-refractivity contribution in [3.05, 3.63) is 78.1 Å². The summed E-state index contributed by atoms with van der Waals surface area (Å²) in [5.74, 6) is 0.252. The Kier molecular flexibility index (Phi) is 4.23. The SMILES string of the molecule is OC(CSc1cccc(F)c1)c1ccc2ccccc2c1. The van der Waals surface area contributed by atoms with Crippen molar-refractivity contribution in [1.82, 2.24) is 0 Å². The third kappa shape index (κ3) is 3.43. The van der Waals surface area contributed by atoms with E-state index in [2.05, 4.69) is 0 Å². The fourth-order valence-electron chi connectivity index (χ4n) is 2.24. The number of rotatable bonds is 4. The van der Waals surface area contributed by atoms with Crippen LogP contribution in [-0.2, 0) is 0 Å². The van der Waals surface area contributed by atoms with Crippen LogP contribution in [0.25, 0.3) is 10.8 Å². The van der Waals surface area contributed by atoms with Crippen LogP contribution < -0.4 is 0 Å². The van der Waals surface area contributed by atoms with Gasteiger partial charge >= 0.3 is 0 Å². The molecule has 1 nitrogen and oxygen atoms in total. The van der Waals surface area contributed by atoms with Gasteiger partial charge in [0.2, 0.25) is 0 Å². The van der Waals surface area contributed by atoms with E-state index >= 15 is 0 Å². The number of hydrogen-bond acceptors (Lipinski definition) is 2. The van der Waals surface area contributed by atoms with Crippen LogP contribution in [0.15, 0.2) is 71.6 Å². The predicted molar refractivity (Wildman–Crippen MR) is 86.0 cm³/mol. The van der Waals surface area contributed by atoms with Gasteiger partial charge in [0.25, 0.3) is 0 Å². The van der Waals surface area contributed by atoms with E-state index in [9.17, 15) is 9.50 Å². The highest BCUT2D eigenvalue weighted by Crippen LogP contribution is 2.27. The second-order valence-electron chi connectivity index (χ2n) is 4.89. The molecule has 0 bridgehead atoms. The van der Waals surface area contributed by atoms with Gasteiger partial charge in [-0.05, 0) is 40.6 Å². The van der Waals surface area contributed by atoms with Crippen LogP contribution in [-0.4, -0.2) is 10.9 Å². The number of fused-ring (bicyclic) bond motifs is 1. The number of benzene rings is 3. The van der Waals surface area contributed by atoms with E-state index in [4.69, 9.17) is 0 Å². The van der Waals surface area contributed by atoms with Gasteiger partial charge in [-0.3, -0.25) is 0 Å². The van der Waals surface area contributed by atoms with Gasteiger partial charge in [-0.25, -0.2) is 4.39 Å². The van der Waals surface area contributed by atoms with Crippen LogP contribution in [0.5, 0.6) is 0 Å². The molecule has 3 heteroatoms. The van der Waals surface area contributed by atoms with Crippen molar-refractivity contribution in [2.75, 3.05) is 5.75 Å². The maximum atomic E-state index is 13.1. The lowest BCUT2D eigenvalue weighted by atomic mass is 10.0. The molecule has 3 aromatic carbocycles. The van der Waals surface area contributed by atoms with E-state index in [1.165, 1.54) is 23.9 Å². The number of halogens is 1. The summed E-state index contributed by atoms with van der Waals surface area (Å²) in [5, 5.41) is 12.6. The first kappa shape index (κ1) is 14.1. The van der Waals surface area contributed by atoms with Gasteiger partial charge in [-0.1, -0.05) is 42.5 Å². The molecule has 0 aliphatic rings. The summed E-state index contributed by atoms with van der Waals surface area (Å²) in [6.45, 7) is 0. The summed E-state index contributed by atoms with van der Waals surface area (Å²) in [5.41, 5.74) is 0.887. The highest BCUT2D eigenvalue weighted by Gasteiger charge is 2.09. The van der Waals surface area contributed by atoms with Crippen molar-refractivity contribution < 1.29 is 9.50 Å². The summed E-state index contributed by atoms with van der Waals surface area (Å²) in [6.07, 6.45) is -0.567. The Balaban J connectivity index is 1.73. The molecule has 3 aromatic rings. The average Bonchev–Trinajstić information content (AvgIpc) is 2.52. The van der Waals surface area contributed by atoms with Gasteiger partial charge in [-0.2, -0.15) is 0 Å². The first-order valence-electron chi connectivity index (χ1n) is 6.77. The molecular weight excluding hydrogens is 283 g/mol. The molecule has 0 saturated heterocycles. The predicted octanol–water partition coefficient (Wildman–Crippen LogP) is 4.80. The summed E-state index contributed by atoms with van der Waals surface area (Å²) >= 11 is 1.45. The van der Waals surface area contributed by atoms with E-state index in [0.717, 1.165) is 21.2 Å². The minimum Gasteiger partial charge on any atom is -0.388 e. The summed E-state index contributed by atoms with van der Waals surface area (Å²) in [6, 6.07) is 20.5. The molecule has 1 unspecified atom stereocenters. The van der Waals surface area contributed by atoms with Gasteiger partial charge in [-0.15, -0.1) is 11.8 Å². The number of aliphatic hydroxyl groups is 1. The molecule has 0 aliphatic heterocycles. The molecule has 1 atom stereocenters. The van der Waals surface area contributed by atoms with Crippen LogP contribution in [0.4, 0.5) is 4.39 Å². The standard InChI is InChI=1S/C18H15FOS/c19-16-6-3-7-17(11-16)21-12-18(20)15-9-8-13-4-1-2-5-14(13)10-15/h1-11,18,20H,12H2. The number of hydrogen-bond donors (Lipinski definition) is 1. The zero-order chi connectivity index (χ0) is 14.7. The first-order valence-corrected chi connectivity index (χ1v) is 7.76. The zero-order valence-electron chi connectivity index (χ0n) is 11.4. The van der Waals surface area contributed by atoms with E-state index < -0.39 is 6.10 Å². The van der Waals surface area contributed by atoms with Crippen LogP contribution in [0.1, 0.15) is 11.7 Å². The van der Waals surface area contributed by atoms with Crippen molar-refractivity contribution in [2.24, 2.45) is 0 Å². The zero-order valence-corrected chi connectivity index (χ0v) is 12.2. The van der Waals surface area contributed by atoms with E-state index in [0.29, 0.717) is 5.75 Å². The lowest BCUT2D eigenvalue weighted by Crippen LogP contribution is -2.00. The molecular formula is C18H15FOS. The van der Waals surface area contributed by atoms with Crippen molar-refractivity contribution in [3.63, 3.8) is 0 Å². The molecule has 3 rings (SSSR count). The van der Waals surface area contributed by atoms with Crippen molar-refractivity contribution in [2.45, 2.75) is 11.0 Å². The molecule has 0 aliphatic carbocycles. The Bertz CT molecular complexity index is 757.